The number of nitrogens with zero attached hydrogens (tertiary/aromatic N) is 2. The standard InChI is InChI=1S/C22H15ClF2N2OS/c23-16-8-5-14(6-9-16)12-27-21(28)17-3-1-2-4-20(17)26-22(27)29-13-15-7-10-18(24)19(25)11-15/h1-11H,12-13H2. The van der Waals surface area contributed by atoms with Gasteiger partial charge in [0, 0.05) is 10.8 Å². The summed E-state index contributed by atoms with van der Waals surface area (Å²) in [6.07, 6.45) is 0. The molecule has 0 bridgehead atoms. The van der Waals surface area contributed by atoms with Gasteiger partial charge in [0.05, 0.1) is 17.4 Å². The van der Waals surface area contributed by atoms with Crippen LogP contribution in [-0.4, -0.2) is 9.55 Å². The van der Waals surface area contributed by atoms with Gasteiger partial charge in [0.1, 0.15) is 0 Å². The molecule has 0 saturated heterocycles. The second-order valence-electron chi connectivity index (χ2n) is 6.47. The lowest BCUT2D eigenvalue weighted by atomic mass is 10.2. The van der Waals surface area contributed by atoms with E-state index in [0.717, 1.165) is 17.7 Å². The second-order valence-corrected chi connectivity index (χ2v) is 7.85. The van der Waals surface area contributed by atoms with Gasteiger partial charge in [-0.2, -0.15) is 0 Å². The summed E-state index contributed by atoms with van der Waals surface area (Å²) in [5, 5.41) is 1.65. The minimum absolute atomic E-state index is 0.154. The van der Waals surface area contributed by atoms with Crippen molar-refractivity contribution >= 4 is 34.3 Å². The molecule has 0 aliphatic rings. The number of fused-ring (bicyclic) bond motifs is 1. The van der Waals surface area contributed by atoms with Crippen molar-refractivity contribution in [2.24, 2.45) is 0 Å². The zero-order chi connectivity index (χ0) is 20.4. The first-order chi connectivity index (χ1) is 14.0. The molecule has 4 aromatic rings. The molecule has 0 N–H and O–H groups in total. The van der Waals surface area contributed by atoms with Gasteiger partial charge in [-0.25, -0.2) is 13.8 Å². The Morgan fingerprint density at radius 3 is 2.41 bits per heavy atom. The van der Waals surface area contributed by atoms with Crippen molar-refractivity contribution in [1.82, 2.24) is 9.55 Å². The van der Waals surface area contributed by atoms with Gasteiger partial charge >= 0.3 is 0 Å². The first-order valence-electron chi connectivity index (χ1n) is 8.82. The average molecular weight is 429 g/mol. The number of para-hydroxylation sites is 1. The van der Waals surface area contributed by atoms with Gasteiger partial charge in [-0.05, 0) is 47.5 Å². The fourth-order valence-corrected chi connectivity index (χ4v) is 4.01. The Bertz CT molecular complexity index is 1240. The van der Waals surface area contributed by atoms with Crippen LogP contribution in [0.1, 0.15) is 11.1 Å². The molecule has 0 radical (unpaired) electrons. The maximum Gasteiger partial charge on any atom is 0.262 e. The van der Waals surface area contributed by atoms with Gasteiger partial charge in [-0.15, -0.1) is 0 Å². The zero-order valence-electron chi connectivity index (χ0n) is 15.1. The lowest BCUT2D eigenvalue weighted by Gasteiger charge is -2.13. The second kappa shape index (κ2) is 8.35. The molecule has 0 aliphatic carbocycles. The molecule has 1 aromatic heterocycles. The van der Waals surface area contributed by atoms with Crippen LogP contribution in [-0.2, 0) is 12.3 Å². The smallest absolute Gasteiger partial charge is 0.262 e. The summed E-state index contributed by atoms with van der Waals surface area (Å²) >= 11 is 7.26. The number of thioether (sulfide) groups is 1. The highest BCUT2D eigenvalue weighted by Gasteiger charge is 2.13. The van der Waals surface area contributed by atoms with E-state index in [4.69, 9.17) is 11.6 Å². The molecule has 0 aliphatic heterocycles. The van der Waals surface area contributed by atoms with Crippen molar-refractivity contribution in [3.05, 3.63) is 105 Å². The van der Waals surface area contributed by atoms with E-state index in [1.54, 1.807) is 34.9 Å². The van der Waals surface area contributed by atoms with Crippen LogP contribution in [0, 0.1) is 11.6 Å². The van der Waals surface area contributed by atoms with Crippen molar-refractivity contribution in [1.29, 1.82) is 0 Å². The van der Waals surface area contributed by atoms with E-state index in [1.807, 2.05) is 18.2 Å². The molecule has 3 nitrogen and oxygen atoms in total. The molecule has 0 unspecified atom stereocenters. The molecule has 0 amide bonds. The Labute approximate surface area is 175 Å². The van der Waals surface area contributed by atoms with Crippen molar-refractivity contribution < 1.29 is 8.78 Å². The van der Waals surface area contributed by atoms with Crippen LogP contribution in [0.4, 0.5) is 8.78 Å². The fraction of sp³-hybridized carbons (Fsp3) is 0.0909. The third kappa shape index (κ3) is 4.33. The Morgan fingerprint density at radius 2 is 1.66 bits per heavy atom. The van der Waals surface area contributed by atoms with Gasteiger partial charge < -0.3 is 0 Å². The predicted octanol–water partition coefficient (Wildman–Crippen LogP) is 5.67. The molecule has 3 aromatic carbocycles. The largest absolute Gasteiger partial charge is 0.283 e. The highest BCUT2D eigenvalue weighted by molar-refractivity contribution is 7.98. The van der Waals surface area contributed by atoms with Crippen LogP contribution in [0.2, 0.25) is 5.02 Å². The molecule has 4 rings (SSSR count). The van der Waals surface area contributed by atoms with Crippen LogP contribution in [0.25, 0.3) is 10.9 Å². The minimum atomic E-state index is -0.895. The van der Waals surface area contributed by atoms with E-state index < -0.39 is 11.6 Å². The molecule has 0 saturated carbocycles. The maximum absolute atomic E-state index is 13.5. The summed E-state index contributed by atoms with van der Waals surface area (Å²) in [6, 6.07) is 18.2. The van der Waals surface area contributed by atoms with E-state index in [1.165, 1.54) is 17.8 Å². The van der Waals surface area contributed by atoms with Gasteiger partial charge in [0.15, 0.2) is 16.8 Å². The molecule has 0 spiro atoms. The summed E-state index contributed by atoms with van der Waals surface area (Å²) in [5.74, 6) is -1.43. The fourth-order valence-electron chi connectivity index (χ4n) is 2.95. The number of benzene rings is 3. The molecular formula is C22H15ClF2N2OS. The van der Waals surface area contributed by atoms with Crippen LogP contribution in [0.5, 0.6) is 0 Å². The maximum atomic E-state index is 13.5. The van der Waals surface area contributed by atoms with Crippen molar-refractivity contribution in [2.45, 2.75) is 17.5 Å². The molecule has 1 heterocycles. The third-order valence-corrected chi connectivity index (χ3v) is 5.73. The van der Waals surface area contributed by atoms with Crippen LogP contribution in [0.3, 0.4) is 0 Å². The van der Waals surface area contributed by atoms with Crippen LogP contribution >= 0.6 is 23.4 Å². The van der Waals surface area contributed by atoms with E-state index >= 15 is 0 Å². The predicted molar refractivity (Wildman–Crippen MR) is 112 cm³/mol. The number of rotatable bonds is 5. The molecule has 0 fully saturated rings. The third-order valence-electron chi connectivity index (χ3n) is 4.43. The average Bonchev–Trinajstić information content (AvgIpc) is 2.73. The summed E-state index contributed by atoms with van der Waals surface area (Å²) in [4.78, 5) is 17.7. The van der Waals surface area contributed by atoms with Crippen LogP contribution in [0.15, 0.2) is 76.7 Å². The normalized spacial score (nSPS) is 11.1. The Kier molecular flexibility index (Phi) is 5.65. The van der Waals surface area contributed by atoms with Gasteiger partial charge in [0.25, 0.3) is 5.56 Å². The lowest BCUT2D eigenvalue weighted by Crippen LogP contribution is -2.24. The van der Waals surface area contributed by atoms with Gasteiger partial charge in [-0.3, -0.25) is 9.36 Å². The van der Waals surface area contributed by atoms with Crippen molar-refractivity contribution in [3.8, 4) is 0 Å². The molecule has 29 heavy (non-hydrogen) atoms. The van der Waals surface area contributed by atoms with Crippen molar-refractivity contribution in [2.75, 3.05) is 0 Å². The summed E-state index contributed by atoms with van der Waals surface area (Å²) in [7, 11) is 0. The molecule has 0 atom stereocenters. The number of hydrogen-bond donors (Lipinski definition) is 0. The molecule has 7 heteroatoms. The van der Waals surface area contributed by atoms with Crippen molar-refractivity contribution in [3.63, 3.8) is 0 Å². The Hall–Kier alpha value is -2.70. The van der Waals surface area contributed by atoms with Gasteiger partial charge in [-0.1, -0.05) is 53.7 Å². The first-order valence-corrected chi connectivity index (χ1v) is 10.2. The molecule has 146 valence electrons. The molecular weight excluding hydrogens is 414 g/mol. The van der Waals surface area contributed by atoms with Crippen LogP contribution < -0.4 is 5.56 Å². The zero-order valence-corrected chi connectivity index (χ0v) is 16.7. The highest BCUT2D eigenvalue weighted by Crippen LogP contribution is 2.24. The summed E-state index contributed by atoms with van der Waals surface area (Å²) < 4.78 is 28.3. The quantitative estimate of drug-likeness (QED) is 0.303. The monoisotopic (exact) mass is 428 g/mol. The first kappa shape index (κ1) is 19.6. The van der Waals surface area contributed by atoms with E-state index in [9.17, 15) is 13.6 Å². The number of aromatic nitrogens is 2. The number of halogens is 3. The topological polar surface area (TPSA) is 34.9 Å². The Balaban J connectivity index is 1.73. The minimum Gasteiger partial charge on any atom is -0.283 e. The highest BCUT2D eigenvalue weighted by atomic mass is 35.5. The number of hydrogen-bond acceptors (Lipinski definition) is 3. The van der Waals surface area contributed by atoms with E-state index in [2.05, 4.69) is 4.98 Å². The van der Waals surface area contributed by atoms with E-state index in [0.29, 0.717) is 38.9 Å². The lowest BCUT2D eigenvalue weighted by molar-refractivity contribution is 0.507. The van der Waals surface area contributed by atoms with Gasteiger partial charge in [0.2, 0.25) is 0 Å². The SMILES string of the molecule is O=c1c2ccccc2nc(SCc2ccc(F)c(F)c2)n1Cc1ccc(Cl)cc1. The summed E-state index contributed by atoms with van der Waals surface area (Å²) in [6.45, 7) is 0.327. The summed E-state index contributed by atoms with van der Waals surface area (Å²) in [5.41, 5.74) is 1.95. The Morgan fingerprint density at radius 1 is 0.931 bits per heavy atom. The van der Waals surface area contributed by atoms with E-state index in [-0.39, 0.29) is 5.56 Å².